The summed E-state index contributed by atoms with van der Waals surface area (Å²) >= 11 is 9.28. The molecule has 0 amide bonds. The number of aromatic nitrogens is 2. The molecule has 0 N–H and O–H groups in total. The Morgan fingerprint density at radius 3 is 2.56 bits per heavy atom. The largest absolute Gasteiger partial charge is 0.419 e. The van der Waals surface area contributed by atoms with Crippen molar-refractivity contribution in [3.05, 3.63) is 46.7 Å². The molecule has 0 spiro atoms. The van der Waals surface area contributed by atoms with Crippen LogP contribution in [0.15, 0.2) is 30.6 Å². The van der Waals surface area contributed by atoms with Crippen LogP contribution in [0.3, 0.4) is 0 Å². The monoisotopic (exact) mass is 338 g/mol. The van der Waals surface area contributed by atoms with E-state index < -0.39 is 11.7 Å². The summed E-state index contributed by atoms with van der Waals surface area (Å²) in [7, 11) is 0. The van der Waals surface area contributed by atoms with Crippen molar-refractivity contribution in [1.29, 1.82) is 0 Å². The van der Waals surface area contributed by atoms with Crippen LogP contribution in [0.5, 0.6) is 0 Å². The highest BCUT2D eigenvalue weighted by Gasteiger charge is 2.32. The fourth-order valence-electron chi connectivity index (χ4n) is 1.42. The number of halogens is 5. The van der Waals surface area contributed by atoms with Crippen LogP contribution in [0, 0.1) is 0 Å². The molecule has 18 heavy (non-hydrogen) atoms. The van der Waals surface area contributed by atoms with Gasteiger partial charge in [-0.15, -0.1) is 0 Å². The summed E-state index contributed by atoms with van der Waals surface area (Å²) in [6.45, 7) is 0. The van der Waals surface area contributed by atoms with Crippen molar-refractivity contribution in [3.63, 3.8) is 0 Å². The van der Waals surface area contributed by atoms with Gasteiger partial charge in [-0.05, 0) is 17.7 Å². The van der Waals surface area contributed by atoms with E-state index in [9.17, 15) is 13.2 Å². The second-order valence-corrected chi connectivity index (χ2v) is 4.56. The predicted octanol–water partition coefficient (Wildman–Crippen LogP) is 4.44. The average molecular weight is 340 g/mol. The van der Waals surface area contributed by atoms with Crippen molar-refractivity contribution in [2.24, 2.45) is 0 Å². The van der Waals surface area contributed by atoms with Gasteiger partial charge < -0.3 is 0 Å². The van der Waals surface area contributed by atoms with Crippen molar-refractivity contribution in [2.45, 2.75) is 11.5 Å². The minimum absolute atomic E-state index is 0.351. The highest BCUT2D eigenvalue weighted by atomic mass is 79.9. The summed E-state index contributed by atoms with van der Waals surface area (Å²) in [5.41, 5.74) is 0.548. The second kappa shape index (κ2) is 4.93. The van der Waals surface area contributed by atoms with E-state index in [2.05, 4.69) is 21.0 Å². The predicted molar refractivity (Wildman–Crippen MR) is 66.2 cm³/mol. The molecule has 2 rings (SSSR count). The maximum Gasteiger partial charge on any atom is 0.419 e. The molecule has 2 aromatic rings. The summed E-state index contributed by atoms with van der Waals surface area (Å²) in [6, 6.07) is 5.08. The summed E-state index contributed by atoms with van der Waals surface area (Å²) < 4.78 is 38.4. The molecule has 2 nitrogen and oxygen atoms in total. The Balaban J connectivity index is 2.40. The number of alkyl halides is 4. The van der Waals surface area contributed by atoms with Crippen molar-refractivity contribution in [2.75, 3.05) is 0 Å². The van der Waals surface area contributed by atoms with Crippen molar-refractivity contribution in [1.82, 2.24) is 9.78 Å². The van der Waals surface area contributed by atoms with Crippen LogP contribution in [0.2, 0.25) is 5.02 Å². The Morgan fingerprint density at radius 1 is 1.33 bits per heavy atom. The zero-order valence-corrected chi connectivity index (χ0v) is 11.2. The van der Waals surface area contributed by atoms with Crippen molar-refractivity contribution in [3.8, 4) is 5.69 Å². The van der Waals surface area contributed by atoms with E-state index in [0.29, 0.717) is 16.0 Å². The molecule has 0 aliphatic carbocycles. The third kappa shape index (κ3) is 2.70. The Bertz CT molecular complexity index is 566. The van der Waals surface area contributed by atoms with Crippen LogP contribution in [0.1, 0.15) is 11.1 Å². The first-order chi connectivity index (χ1) is 8.41. The van der Waals surface area contributed by atoms with E-state index in [4.69, 9.17) is 11.6 Å². The SMILES string of the molecule is FC(F)(F)c1cnn(-c2ccc(CBr)cc2Cl)c1. The molecule has 0 bridgehead atoms. The zero-order chi connectivity index (χ0) is 13.3. The van der Waals surface area contributed by atoms with E-state index in [0.717, 1.165) is 22.6 Å². The number of rotatable bonds is 2. The molecule has 0 saturated heterocycles. The average Bonchev–Trinajstić information content (AvgIpc) is 2.77. The molecule has 0 aliphatic rings. The first-order valence-electron chi connectivity index (χ1n) is 4.88. The number of nitrogens with zero attached hydrogens (tertiary/aromatic N) is 2. The first kappa shape index (κ1) is 13.4. The van der Waals surface area contributed by atoms with Gasteiger partial charge in [0.1, 0.15) is 0 Å². The van der Waals surface area contributed by atoms with Gasteiger partial charge in [-0.25, -0.2) is 4.68 Å². The highest BCUT2D eigenvalue weighted by molar-refractivity contribution is 9.08. The second-order valence-electron chi connectivity index (χ2n) is 3.59. The summed E-state index contributed by atoms with van der Waals surface area (Å²) in [5.74, 6) is 0. The third-order valence-corrected chi connectivity index (χ3v) is 3.27. The molecule has 1 heterocycles. The van der Waals surface area contributed by atoms with Crippen molar-refractivity contribution < 1.29 is 13.2 Å². The van der Waals surface area contributed by atoms with Gasteiger partial charge in [0.25, 0.3) is 0 Å². The summed E-state index contributed by atoms with van der Waals surface area (Å²) in [6.07, 6.45) is -2.72. The van der Waals surface area contributed by atoms with E-state index in [1.807, 2.05) is 0 Å². The maximum absolute atomic E-state index is 12.4. The minimum Gasteiger partial charge on any atom is -0.239 e. The van der Waals surface area contributed by atoms with E-state index in [1.54, 1.807) is 18.2 Å². The Labute approximate surface area is 114 Å². The molecular weight excluding hydrogens is 332 g/mol. The van der Waals surface area contributed by atoms with Gasteiger partial charge in [-0.3, -0.25) is 0 Å². The molecule has 0 unspecified atom stereocenters. The molecular formula is C11H7BrClF3N2. The first-order valence-corrected chi connectivity index (χ1v) is 6.38. The fourth-order valence-corrected chi connectivity index (χ4v) is 2.06. The lowest BCUT2D eigenvalue weighted by Gasteiger charge is -2.06. The quantitative estimate of drug-likeness (QED) is 0.740. The normalized spacial score (nSPS) is 11.8. The van der Waals surface area contributed by atoms with Gasteiger partial charge in [0.05, 0.1) is 22.5 Å². The molecule has 1 aromatic heterocycles. The van der Waals surface area contributed by atoms with Gasteiger partial charge in [-0.1, -0.05) is 33.6 Å². The van der Waals surface area contributed by atoms with Crippen LogP contribution < -0.4 is 0 Å². The Morgan fingerprint density at radius 2 is 2.06 bits per heavy atom. The lowest BCUT2D eigenvalue weighted by molar-refractivity contribution is -0.137. The lowest BCUT2D eigenvalue weighted by Crippen LogP contribution is -2.03. The van der Waals surface area contributed by atoms with Gasteiger partial charge in [0.2, 0.25) is 0 Å². The molecule has 7 heteroatoms. The van der Waals surface area contributed by atoms with Gasteiger partial charge >= 0.3 is 6.18 Å². The minimum atomic E-state index is -4.40. The van der Waals surface area contributed by atoms with Crippen LogP contribution in [0.4, 0.5) is 13.2 Å². The van der Waals surface area contributed by atoms with Gasteiger partial charge in [0, 0.05) is 11.5 Å². The van der Waals surface area contributed by atoms with Crippen LogP contribution in [-0.4, -0.2) is 9.78 Å². The number of hydrogen-bond donors (Lipinski definition) is 0. The molecule has 0 fully saturated rings. The molecule has 1 aromatic carbocycles. The molecule has 0 saturated carbocycles. The van der Waals surface area contributed by atoms with Gasteiger partial charge in [0.15, 0.2) is 0 Å². The molecule has 0 radical (unpaired) electrons. The van der Waals surface area contributed by atoms with Gasteiger partial charge in [-0.2, -0.15) is 18.3 Å². The molecule has 0 aliphatic heterocycles. The summed E-state index contributed by atoms with van der Waals surface area (Å²) in [4.78, 5) is 0. The summed E-state index contributed by atoms with van der Waals surface area (Å²) in [5, 5.41) is 4.65. The van der Waals surface area contributed by atoms with Crippen LogP contribution in [0.25, 0.3) is 5.69 Å². The topological polar surface area (TPSA) is 17.8 Å². The smallest absolute Gasteiger partial charge is 0.239 e. The zero-order valence-electron chi connectivity index (χ0n) is 8.88. The lowest BCUT2D eigenvalue weighted by atomic mass is 10.2. The number of hydrogen-bond acceptors (Lipinski definition) is 1. The Kier molecular flexibility index (Phi) is 3.68. The van der Waals surface area contributed by atoms with Crippen LogP contribution in [-0.2, 0) is 11.5 Å². The van der Waals surface area contributed by atoms with E-state index in [-0.39, 0.29) is 0 Å². The number of benzene rings is 1. The maximum atomic E-state index is 12.4. The van der Waals surface area contributed by atoms with Crippen molar-refractivity contribution >= 4 is 27.5 Å². The third-order valence-electron chi connectivity index (χ3n) is 2.32. The molecule has 0 atom stereocenters. The van der Waals surface area contributed by atoms with E-state index in [1.165, 1.54) is 0 Å². The van der Waals surface area contributed by atoms with E-state index >= 15 is 0 Å². The highest BCUT2D eigenvalue weighted by Crippen LogP contribution is 2.30. The molecule has 96 valence electrons. The standard InChI is InChI=1S/C11H7BrClF3N2/c12-4-7-1-2-10(9(13)3-7)18-6-8(5-17-18)11(14,15)16/h1-3,5-6H,4H2. The Hall–Kier alpha value is -1.01. The fraction of sp³-hybridized carbons (Fsp3) is 0.182. The van der Waals surface area contributed by atoms with Crippen LogP contribution >= 0.6 is 27.5 Å².